The maximum absolute atomic E-state index is 13.0. The van der Waals surface area contributed by atoms with E-state index in [-0.39, 0.29) is 5.82 Å². The third-order valence-corrected chi connectivity index (χ3v) is 3.59. The minimum Gasteiger partial charge on any atom is -0.330 e. The molecule has 2 rings (SSSR count). The zero-order valence-corrected chi connectivity index (χ0v) is 9.17. The van der Waals surface area contributed by atoms with Crippen molar-refractivity contribution in [2.75, 3.05) is 6.54 Å². The van der Waals surface area contributed by atoms with Gasteiger partial charge in [0, 0.05) is 0 Å². The number of benzene rings is 1. The summed E-state index contributed by atoms with van der Waals surface area (Å²) in [5.74, 6) is 1.00. The van der Waals surface area contributed by atoms with Crippen LogP contribution in [-0.2, 0) is 0 Å². The van der Waals surface area contributed by atoms with Gasteiger partial charge < -0.3 is 5.73 Å². The number of hydrogen-bond acceptors (Lipinski definition) is 1. The Morgan fingerprint density at radius 3 is 2.87 bits per heavy atom. The molecule has 0 amide bonds. The first kappa shape index (κ1) is 10.6. The van der Waals surface area contributed by atoms with Crippen molar-refractivity contribution in [3.8, 4) is 0 Å². The molecule has 1 aromatic carbocycles. The molecule has 2 atom stereocenters. The van der Waals surface area contributed by atoms with Crippen LogP contribution in [0, 0.1) is 18.7 Å². The van der Waals surface area contributed by atoms with Gasteiger partial charge in [-0.3, -0.25) is 0 Å². The Kier molecular flexibility index (Phi) is 3.06. The molecule has 0 aromatic heterocycles. The van der Waals surface area contributed by atoms with Crippen LogP contribution in [0.4, 0.5) is 4.39 Å². The molecule has 82 valence electrons. The van der Waals surface area contributed by atoms with Gasteiger partial charge in [0.2, 0.25) is 0 Å². The first-order chi connectivity index (χ1) is 7.22. The highest BCUT2D eigenvalue weighted by atomic mass is 19.1. The molecule has 0 saturated heterocycles. The fourth-order valence-electron chi connectivity index (χ4n) is 2.78. The molecule has 2 unspecified atom stereocenters. The minimum absolute atomic E-state index is 0.140. The summed E-state index contributed by atoms with van der Waals surface area (Å²) >= 11 is 0. The second-order valence-electron chi connectivity index (χ2n) is 4.53. The number of aryl methyl sites for hydroxylation is 1. The van der Waals surface area contributed by atoms with Crippen molar-refractivity contribution in [1.82, 2.24) is 0 Å². The zero-order chi connectivity index (χ0) is 10.8. The lowest BCUT2D eigenvalue weighted by atomic mass is 9.86. The van der Waals surface area contributed by atoms with Crippen LogP contribution in [-0.4, -0.2) is 6.54 Å². The summed E-state index contributed by atoms with van der Waals surface area (Å²) in [6.07, 6.45) is 3.68. The molecular formula is C13H18FN. The van der Waals surface area contributed by atoms with E-state index < -0.39 is 0 Å². The number of halogens is 1. The van der Waals surface area contributed by atoms with Crippen molar-refractivity contribution in [3.05, 3.63) is 35.1 Å². The Hall–Kier alpha value is -0.890. The molecule has 2 heteroatoms. The van der Waals surface area contributed by atoms with Crippen LogP contribution in [0.25, 0.3) is 0 Å². The highest BCUT2D eigenvalue weighted by Crippen LogP contribution is 2.40. The van der Waals surface area contributed by atoms with Gasteiger partial charge in [-0.05, 0) is 61.4 Å². The van der Waals surface area contributed by atoms with Crippen LogP contribution in [0.2, 0.25) is 0 Å². The molecule has 0 bridgehead atoms. The molecule has 1 aliphatic carbocycles. The largest absolute Gasteiger partial charge is 0.330 e. The Morgan fingerprint density at radius 2 is 2.20 bits per heavy atom. The van der Waals surface area contributed by atoms with Crippen LogP contribution >= 0.6 is 0 Å². The SMILES string of the molecule is Cc1cc(F)ccc1C1CCCC1CN. The van der Waals surface area contributed by atoms with Gasteiger partial charge in [-0.1, -0.05) is 12.5 Å². The highest BCUT2D eigenvalue weighted by molar-refractivity contribution is 5.31. The van der Waals surface area contributed by atoms with E-state index in [0.717, 1.165) is 12.1 Å². The van der Waals surface area contributed by atoms with Crippen LogP contribution in [0.15, 0.2) is 18.2 Å². The Bertz CT molecular complexity index is 348. The molecule has 1 fully saturated rings. The van der Waals surface area contributed by atoms with Crippen LogP contribution in [0.3, 0.4) is 0 Å². The van der Waals surface area contributed by atoms with Gasteiger partial charge in [0.05, 0.1) is 0 Å². The first-order valence-corrected chi connectivity index (χ1v) is 5.68. The average molecular weight is 207 g/mol. The predicted octanol–water partition coefficient (Wildman–Crippen LogP) is 2.98. The van der Waals surface area contributed by atoms with Gasteiger partial charge in [0.15, 0.2) is 0 Å². The van der Waals surface area contributed by atoms with Crippen molar-refractivity contribution in [2.45, 2.75) is 32.1 Å². The molecule has 2 N–H and O–H groups in total. The van der Waals surface area contributed by atoms with E-state index in [0.29, 0.717) is 11.8 Å². The van der Waals surface area contributed by atoms with Crippen molar-refractivity contribution < 1.29 is 4.39 Å². The zero-order valence-electron chi connectivity index (χ0n) is 9.17. The molecular weight excluding hydrogens is 189 g/mol. The van der Waals surface area contributed by atoms with E-state index in [1.54, 1.807) is 12.1 Å². The van der Waals surface area contributed by atoms with Crippen LogP contribution in [0.5, 0.6) is 0 Å². The minimum atomic E-state index is -0.140. The maximum atomic E-state index is 13.0. The standard InChI is InChI=1S/C13H18FN/c1-9-7-11(14)5-6-12(9)13-4-2-3-10(13)8-15/h5-7,10,13H,2-4,8,15H2,1H3. The Balaban J connectivity index is 2.28. The van der Waals surface area contributed by atoms with Crippen LogP contribution in [0.1, 0.15) is 36.3 Å². The molecule has 0 radical (unpaired) electrons. The van der Waals surface area contributed by atoms with Gasteiger partial charge in [-0.15, -0.1) is 0 Å². The van der Waals surface area contributed by atoms with Gasteiger partial charge in [-0.2, -0.15) is 0 Å². The second-order valence-corrected chi connectivity index (χ2v) is 4.53. The quantitative estimate of drug-likeness (QED) is 0.792. The highest BCUT2D eigenvalue weighted by Gasteiger charge is 2.28. The van der Waals surface area contributed by atoms with Gasteiger partial charge in [0.1, 0.15) is 5.82 Å². The lowest BCUT2D eigenvalue weighted by Crippen LogP contribution is -2.17. The predicted molar refractivity (Wildman–Crippen MR) is 60.3 cm³/mol. The lowest BCUT2D eigenvalue weighted by Gasteiger charge is -2.20. The summed E-state index contributed by atoms with van der Waals surface area (Å²) in [7, 11) is 0. The molecule has 1 aromatic rings. The van der Waals surface area contributed by atoms with Crippen LogP contribution < -0.4 is 5.73 Å². The molecule has 1 nitrogen and oxygen atoms in total. The monoisotopic (exact) mass is 207 g/mol. The summed E-state index contributed by atoms with van der Waals surface area (Å²) in [5, 5.41) is 0. The van der Waals surface area contributed by atoms with Gasteiger partial charge >= 0.3 is 0 Å². The molecule has 0 aliphatic heterocycles. The van der Waals surface area contributed by atoms with E-state index in [9.17, 15) is 4.39 Å². The smallest absolute Gasteiger partial charge is 0.123 e. The first-order valence-electron chi connectivity index (χ1n) is 5.68. The third kappa shape index (κ3) is 2.05. The molecule has 0 spiro atoms. The fraction of sp³-hybridized carbons (Fsp3) is 0.538. The topological polar surface area (TPSA) is 26.0 Å². The van der Waals surface area contributed by atoms with E-state index in [1.165, 1.54) is 24.8 Å². The molecule has 1 saturated carbocycles. The number of hydrogen-bond donors (Lipinski definition) is 1. The van der Waals surface area contributed by atoms with E-state index >= 15 is 0 Å². The summed E-state index contributed by atoms with van der Waals surface area (Å²) in [6.45, 7) is 2.74. The number of nitrogens with two attached hydrogens (primary N) is 1. The van der Waals surface area contributed by atoms with E-state index in [4.69, 9.17) is 5.73 Å². The fourth-order valence-corrected chi connectivity index (χ4v) is 2.78. The van der Waals surface area contributed by atoms with E-state index in [2.05, 4.69) is 0 Å². The normalized spacial score (nSPS) is 25.8. The van der Waals surface area contributed by atoms with Crippen molar-refractivity contribution in [3.63, 3.8) is 0 Å². The Morgan fingerprint density at radius 1 is 1.40 bits per heavy atom. The summed E-state index contributed by atoms with van der Waals surface area (Å²) in [5.41, 5.74) is 8.13. The third-order valence-electron chi connectivity index (χ3n) is 3.59. The van der Waals surface area contributed by atoms with E-state index in [1.807, 2.05) is 13.0 Å². The molecule has 0 heterocycles. The van der Waals surface area contributed by atoms with Gasteiger partial charge in [0.25, 0.3) is 0 Å². The summed E-state index contributed by atoms with van der Waals surface area (Å²) in [6, 6.07) is 5.12. The Labute approximate surface area is 90.5 Å². The average Bonchev–Trinajstić information content (AvgIpc) is 2.65. The molecule has 1 aliphatic rings. The second kappa shape index (κ2) is 4.31. The summed E-state index contributed by atoms with van der Waals surface area (Å²) < 4.78 is 13.0. The lowest BCUT2D eigenvalue weighted by molar-refractivity contribution is 0.493. The van der Waals surface area contributed by atoms with Crippen molar-refractivity contribution in [1.29, 1.82) is 0 Å². The summed E-state index contributed by atoms with van der Waals surface area (Å²) in [4.78, 5) is 0. The van der Waals surface area contributed by atoms with Crippen molar-refractivity contribution >= 4 is 0 Å². The number of rotatable bonds is 2. The van der Waals surface area contributed by atoms with Crippen molar-refractivity contribution in [2.24, 2.45) is 11.7 Å². The van der Waals surface area contributed by atoms with Gasteiger partial charge in [-0.25, -0.2) is 4.39 Å². The maximum Gasteiger partial charge on any atom is 0.123 e. The molecule has 15 heavy (non-hydrogen) atoms.